The van der Waals surface area contributed by atoms with E-state index in [1.54, 1.807) is 0 Å². The number of ether oxygens (including phenoxy) is 4. The van der Waals surface area contributed by atoms with Gasteiger partial charge in [0.15, 0.2) is 0 Å². The molecular formula is C31H35NO4. The number of nitrogens with two attached hydrogens (primary N) is 1. The van der Waals surface area contributed by atoms with Crippen LogP contribution in [-0.2, 0) is 0 Å². The first-order chi connectivity index (χ1) is 17.5. The lowest BCUT2D eigenvalue weighted by molar-refractivity contribution is 0.217. The molecule has 4 aromatic rings. The third-order valence-electron chi connectivity index (χ3n) is 5.18. The molecule has 36 heavy (non-hydrogen) atoms. The minimum Gasteiger partial charge on any atom is -0.490 e. The summed E-state index contributed by atoms with van der Waals surface area (Å²) in [6.45, 7) is 8.31. The van der Waals surface area contributed by atoms with Crippen molar-refractivity contribution in [2.75, 3.05) is 32.2 Å². The summed E-state index contributed by atoms with van der Waals surface area (Å²) in [5.41, 5.74) is 10.0. The highest BCUT2D eigenvalue weighted by molar-refractivity contribution is 5.41. The van der Waals surface area contributed by atoms with Crippen molar-refractivity contribution in [2.45, 2.75) is 20.8 Å². The zero-order valence-electron chi connectivity index (χ0n) is 21.3. The van der Waals surface area contributed by atoms with Crippen LogP contribution in [0.3, 0.4) is 0 Å². The zero-order chi connectivity index (χ0) is 25.6. The van der Waals surface area contributed by atoms with Crippen molar-refractivity contribution in [3.05, 3.63) is 114 Å². The predicted octanol–water partition coefficient (Wildman–Crippen LogP) is 6.80. The average molecular weight is 486 g/mol. The summed E-state index contributed by atoms with van der Waals surface area (Å²) in [5.74, 6) is 3.43. The van der Waals surface area contributed by atoms with Crippen LogP contribution in [-0.4, -0.2) is 26.4 Å². The minimum atomic E-state index is 0.512. The Hall–Kier alpha value is -4.12. The summed E-state index contributed by atoms with van der Waals surface area (Å²) >= 11 is 0. The fourth-order valence-corrected chi connectivity index (χ4v) is 3.11. The third-order valence-corrected chi connectivity index (χ3v) is 5.18. The smallest absolute Gasteiger partial charge is 0.122 e. The largest absolute Gasteiger partial charge is 0.490 e. The molecule has 4 rings (SSSR count). The van der Waals surface area contributed by atoms with Crippen molar-refractivity contribution < 1.29 is 18.9 Å². The van der Waals surface area contributed by atoms with Crippen molar-refractivity contribution in [1.82, 2.24) is 0 Å². The van der Waals surface area contributed by atoms with Gasteiger partial charge in [-0.25, -0.2) is 0 Å². The van der Waals surface area contributed by atoms with Gasteiger partial charge in [-0.1, -0.05) is 53.1 Å². The summed E-state index contributed by atoms with van der Waals surface area (Å²) in [4.78, 5) is 0. The van der Waals surface area contributed by atoms with Crippen molar-refractivity contribution in [1.29, 1.82) is 0 Å². The van der Waals surface area contributed by atoms with Gasteiger partial charge in [0, 0.05) is 5.69 Å². The highest BCUT2D eigenvalue weighted by Gasteiger charge is 1.97. The maximum atomic E-state index is 5.59. The molecule has 0 spiro atoms. The SMILES string of the molecule is Cc1ccc(OCCOc2ccc(C)cc2)cc1.Cc1ccc(OCCOc2ccc(N)cc2)cc1. The van der Waals surface area contributed by atoms with Crippen LogP contribution in [0.25, 0.3) is 0 Å². The Morgan fingerprint density at radius 2 is 0.611 bits per heavy atom. The molecular weight excluding hydrogens is 450 g/mol. The maximum Gasteiger partial charge on any atom is 0.122 e. The first-order valence-corrected chi connectivity index (χ1v) is 12.0. The molecule has 0 aromatic heterocycles. The number of anilines is 1. The van der Waals surface area contributed by atoms with Gasteiger partial charge in [-0.05, 0) is 81.4 Å². The molecule has 0 radical (unpaired) electrons. The molecule has 0 unspecified atom stereocenters. The highest BCUT2D eigenvalue weighted by Crippen LogP contribution is 2.15. The first kappa shape index (κ1) is 26.5. The second-order valence-electron chi connectivity index (χ2n) is 8.40. The molecule has 4 aromatic carbocycles. The van der Waals surface area contributed by atoms with E-state index in [1.807, 2.05) is 104 Å². The molecule has 5 nitrogen and oxygen atoms in total. The normalized spacial score (nSPS) is 10.1. The molecule has 2 N–H and O–H groups in total. The van der Waals surface area contributed by atoms with Crippen LogP contribution in [0.2, 0.25) is 0 Å². The number of hydrogen-bond acceptors (Lipinski definition) is 5. The van der Waals surface area contributed by atoms with Gasteiger partial charge in [0.1, 0.15) is 49.4 Å². The Balaban J connectivity index is 0.000000201. The lowest BCUT2D eigenvalue weighted by Gasteiger charge is -2.08. The molecule has 0 heterocycles. The Labute approximate surface area is 214 Å². The van der Waals surface area contributed by atoms with Gasteiger partial charge < -0.3 is 24.7 Å². The molecule has 0 amide bonds. The maximum absolute atomic E-state index is 5.59. The average Bonchev–Trinajstić information content (AvgIpc) is 2.89. The second kappa shape index (κ2) is 14.3. The Morgan fingerprint density at radius 3 is 0.861 bits per heavy atom. The number of benzene rings is 4. The third kappa shape index (κ3) is 10.0. The van der Waals surface area contributed by atoms with Crippen LogP contribution in [0.15, 0.2) is 97.1 Å². The van der Waals surface area contributed by atoms with Gasteiger partial charge in [0.2, 0.25) is 0 Å². The quantitative estimate of drug-likeness (QED) is 0.198. The molecule has 0 aliphatic rings. The molecule has 5 heteroatoms. The fourth-order valence-electron chi connectivity index (χ4n) is 3.11. The van der Waals surface area contributed by atoms with Gasteiger partial charge in [-0.3, -0.25) is 0 Å². The van der Waals surface area contributed by atoms with Crippen molar-refractivity contribution >= 4 is 5.69 Å². The van der Waals surface area contributed by atoms with E-state index in [9.17, 15) is 0 Å². The van der Waals surface area contributed by atoms with E-state index in [0.29, 0.717) is 26.4 Å². The van der Waals surface area contributed by atoms with Crippen LogP contribution in [0.1, 0.15) is 16.7 Å². The number of rotatable bonds is 10. The van der Waals surface area contributed by atoms with Gasteiger partial charge in [0.05, 0.1) is 0 Å². The molecule has 0 saturated heterocycles. The molecule has 188 valence electrons. The highest BCUT2D eigenvalue weighted by atomic mass is 16.5. The van der Waals surface area contributed by atoms with E-state index in [1.165, 1.54) is 16.7 Å². The van der Waals surface area contributed by atoms with Crippen LogP contribution < -0.4 is 24.7 Å². The Kier molecular flexibility index (Phi) is 10.5. The molecule has 0 aliphatic heterocycles. The van der Waals surface area contributed by atoms with E-state index in [2.05, 4.69) is 13.8 Å². The van der Waals surface area contributed by atoms with E-state index in [4.69, 9.17) is 24.7 Å². The standard InChI is InChI=1S/C16H18O2.C15H17NO2/c1-13-3-7-15(8-4-13)17-11-12-18-16-9-5-14(2)6-10-16;1-12-2-6-14(7-3-12)17-10-11-18-15-8-4-13(16)5-9-15/h3-10H,11-12H2,1-2H3;2-9H,10-11,16H2,1H3. The number of nitrogen functional groups attached to an aromatic ring is 1. The first-order valence-electron chi connectivity index (χ1n) is 12.0. The Morgan fingerprint density at radius 1 is 0.389 bits per heavy atom. The molecule has 0 saturated carbocycles. The zero-order valence-corrected chi connectivity index (χ0v) is 21.3. The monoisotopic (exact) mass is 485 g/mol. The fraction of sp³-hybridized carbons (Fsp3) is 0.226. The second-order valence-corrected chi connectivity index (χ2v) is 8.40. The van der Waals surface area contributed by atoms with Crippen LogP contribution in [0.5, 0.6) is 23.0 Å². The van der Waals surface area contributed by atoms with E-state index >= 15 is 0 Å². The lowest BCUT2D eigenvalue weighted by Crippen LogP contribution is -2.08. The van der Waals surface area contributed by atoms with Crippen molar-refractivity contribution in [3.63, 3.8) is 0 Å². The number of hydrogen-bond donors (Lipinski definition) is 1. The summed E-state index contributed by atoms with van der Waals surface area (Å²) in [6.07, 6.45) is 0. The minimum absolute atomic E-state index is 0.512. The van der Waals surface area contributed by atoms with Crippen molar-refractivity contribution in [2.24, 2.45) is 0 Å². The van der Waals surface area contributed by atoms with E-state index in [-0.39, 0.29) is 0 Å². The summed E-state index contributed by atoms with van der Waals surface area (Å²) in [6, 6.07) is 31.3. The molecule has 0 aliphatic carbocycles. The molecule has 0 fully saturated rings. The summed E-state index contributed by atoms with van der Waals surface area (Å²) in [5, 5.41) is 0. The lowest BCUT2D eigenvalue weighted by atomic mass is 10.2. The summed E-state index contributed by atoms with van der Waals surface area (Å²) in [7, 11) is 0. The van der Waals surface area contributed by atoms with Gasteiger partial charge in [0.25, 0.3) is 0 Å². The Bertz CT molecular complexity index is 949. The molecule has 0 bridgehead atoms. The molecule has 0 atom stereocenters. The van der Waals surface area contributed by atoms with Crippen molar-refractivity contribution in [3.8, 4) is 23.0 Å². The topological polar surface area (TPSA) is 62.9 Å². The van der Waals surface area contributed by atoms with Crippen LogP contribution in [0.4, 0.5) is 5.69 Å². The number of aryl methyl sites for hydroxylation is 3. The van der Waals surface area contributed by atoms with E-state index in [0.717, 1.165) is 28.7 Å². The van der Waals surface area contributed by atoms with Crippen LogP contribution >= 0.6 is 0 Å². The van der Waals surface area contributed by atoms with Gasteiger partial charge in [-0.15, -0.1) is 0 Å². The van der Waals surface area contributed by atoms with Gasteiger partial charge >= 0.3 is 0 Å². The van der Waals surface area contributed by atoms with Gasteiger partial charge in [-0.2, -0.15) is 0 Å². The van der Waals surface area contributed by atoms with E-state index < -0.39 is 0 Å². The predicted molar refractivity (Wildman–Crippen MR) is 146 cm³/mol. The van der Waals surface area contributed by atoms with Crippen LogP contribution in [0, 0.1) is 20.8 Å². The summed E-state index contributed by atoms with van der Waals surface area (Å²) < 4.78 is 22.2.